The number of fused-ring (bicyclic) bond motifs is 1. The molecule has 0 amide bonds. The van der Waals surface area contributed by atoms with E-state index in [1.165, 1.54) is 6.07 Å². The van der Waals surface area contributed by atoms with Gasteiger partial charge >= 0.3 is 0 Å². The molecule has 3 aromatic rings. The van der Waals surface area contributed by atoms with E-state index in [0.29, 0.717) is 0 Å². The van der Waals surface area contributed by atoms with Crippen molar-refractivity contribution in [3.05, 3.63) is 65.6 Å². The van der Waals surface area contributed by atoms with Crippen molar-refractivity contribution < 1.29 is 4.39 Å². The zero-order valence-electron chi connectivity index (χ0n) is 10.8. The van der Waals surface area contributed by atoms with Crippen molar-refractivity contribution in [3.63, 3.8) is 0 Å². The van der Waals surface area contributed by atoms with E-state index in [-0.39, 0.29) is 5.02 Å². The second-order valence-electron chi connectivity index (χ2n) is 4.50. The molecule has 0 saturated heterocycles. The number of halogens is 2. The molecule has 0 aliphatic carbocycles. The lowest BCUT2D eigenvalue weighted by Gasteiger charge is -2.21. The first kappa shape index (κ1) is 12.9. The Hall–Kier alpha value is -2.13. The second kappa shape index (κ2) is 5.10. The van der Waals surface area contributed by atoms with Crippen molar-refractivity contribution in [3.8, 4) is 0 Å². The molecule has 2 nitrogen and oxygen atoms in total. The minimum Gasteiger partial charge on any atom is -0.344 e. The molecule has 0 radical (unpaired) electrons. The highest BCUT2D eigenvalue weighted by Gasteiger charge is 2.10. The van der Waals surface area contributed by atoms with Crippen LogP contribution in [0.4, 0.5) is 15.8 Å². The molecule has 3 rings (SSSR count). The van der Waals surface area contributed by atoms with Crippen LogP contribution in [-0.4, -0.2) is 12.0 Å². The predicted octanol–water partition coefficient (Wildman–Crippen LogP) is 4.80. The molecule has 20 heavy (non-hydrogen) atoms. The van der Waals surface area contributed by atoms with Crippen LogP contribution >= 0.6 is 11.6 Å². The maximum absolute atomic E-state index is 13.3. The van der Waals surface area contributed by atoms with E-state index in [4.69, 9.17) is 11.6 Å². The molecular weight excluding hydrogens is 275 g/mol. The Morgan fingerprint density at radius 3 is 2.75 bits per heavy atom. The smallest absolute Gasteiger partial charge is 0.141 e. The summed E-state index contributed by atoms with van der Waals surface area (Å²) in [5, 5.41) is 1.16. The number of hydrogen-bond donors (Lipinski definition) is 0. The fraction of sp³-hybridized carbons (Fsp3) is 0.0625. The van der Waals surface area contributed by atoms with E-state index in [9.17, 15) is 4.39 Å². The highest BCUT2D eigenvalue weighted by Crippen LogP contribution is 2.31. The average molecular weight is 287 g/mol. The molecule has 0 atom stereocenters. The first-order valence-electron chi connectivity index (χ1n) is 6.19. The van der Waals surface area contributed by atoms with Crippen molar-refractivity contribution in [1.82, 2.24) is 4.98 Å². The lowest BCUT2D eigenvalue weighted by atomic mass is 10.1. The van der Waals surface area contributed by atoms with Gasteiger partial charge in [0.05, 0.1) is 16.2 Å². The standard InChI is InChI=1S/C16H12ClFN2/c1-20(11-7-8-14(18)13(17)10-11)16-6-2-5-15-12(16)4-3-9-19-15/h2-10H,1H3. The van der Waals surface area contributed by atoms with Crippen LogP contribution in [0.3, 0.4) is 0 Å². The summed E-state index contributed by atoms with van der Waals surface area (Å²) in [5.41, 5.74) is 2.75. The van der Waals surface area contributed by atoms with Gasteiger partial charge in [0.2, 0.25) is 0 Å². The maximum Gasteiger partial charge on any atom is 0.141 e. The van der Waals surface area contributed by atoms with Gasteiger partial charge in [-0.25, -0.2) is 4.39 Å². The Morgan fingerprint density at radius 1 is 1.10 bits per heavy atom. The van der Waals surface area contributed by atoms with Gasteiger partial charge in [-0.05, 0) is 42.5 Å². The van der Waals surface area contributed by atoms with Gasteiger partial charge in [0.1, 0.15) is 5.82 Å². The number of rotatable bonds is 2. The van der Waals surface area contributed by atoms with Crippen LogP contribution in [0.25, 0.3) is 10.9 Å². The summed E-state index contributed by atoms with van der Waals surface area (Å²) in [6.07, 6.45) is 1.76. The minimum absolute atomic E-state index is 0.118. The summed E-state index contributed by atoms with van der Waals surface area (Å²) >= 11 is 5.85. The summed E-state index contributed by atoms with van der Waals surface area (Å²) in [7, 11) is 1.92. The zero-order chi connectivity index (χ0) is 14.1. The molecule has 4 heteroatoms. The van der Waals surface area contributed by atoms with Crippen molar-refractivity contribution in [2.45, 2.75) is 0 Å². The summed E-state index contributed by atoms with van der Waals surface area (Å²) < 4.78 is 13.3. The lowest BCUT2D eigenvalue weighted by molar-refractivity contribution is 0.628. The van der Waals surface area contributed by atoms with Gasteiger partial charge < -0.3 is 4.90 Å². The SMILES string of the molecule is CN(c1ccc(F)c(Cl)c1)c1cccc2ncccc12. The third kappa shape index (κ3) is 2.21. The normalized spacial score (nSPS) is 10.8. The first-order chi connectivity index (χ1) is 9.66. The number of benzene rings is 2. The molecule has 0 saturated carbocycles. The molecule has 0 aliphatic rings. The zero-order valence-corrected chi connectivity index (χ0v) is 11.6. The predicted molar refractivity (Wildman–Crippen MR) is 81.2 cm³/mol. The van der Waals surface area contributed by atoms with Crippen LogP contribution in [-0.2, 0) is 0 Å². The fourth-order valence-electron chi connectivity index (χ4n) is 2.21. The summed E-state index contributed by atoms with van der Waals surface area (Å²) in [6.45, 7) is 0. The second-order valence-corrected chi connectivity index (χ2v) is 4.91. The Kier molecular flexibility index (Phi) is 3.28. The molecule has 1 aromatic heterocycles. The monoisotopic (exact) mass is 286 g/mol. The van der Waals surface area contributed by atoms with Crippen LogP contribution in [0.15, 0.2) is 54.7 Å². The van der Waals surface area contributed by atoms with Crippen molar-refractivity contribution >= 4 is 33.9 Å². The van der Waals surface area contributed by atoms with Crippen molar-refractivity contribution in [2.24, 2.45) is 0 Å². The molecule has 2 aromatic carbocycles. The molecule has 0 spiro atoms. The van der Waals surface area contributed by atoms with E-state index in [1.54, 1.807) is 18.3 Å². The van der Waals surface area contributed by atoms with Gasteiger partial charge in [0, 0.05) is 24.3 Å². The third-order valence-corrected chi connectivity index (χ3v) is 3.56. The highest BCUT2D eigenvalue weighted by atomic mass is 35.5. The highest BCUT2D eigenvalue weighted by molar-refractivity contribution is 6.31. The quantitative estimate of drug-likeness (QED) is 0.673. The van der Waals surface area contributed by atoms with E-state index in [0.717, 1.165) is 22.3 Å². The van der Waals surface area contributed by atoms with Gasteiger partial charge in [-0.1, -0.05) is 17.7 Å². The minimum atomic E-state index is -0.414. The van der Waals surface area contributed by atoms with E-state index in [2.05, 4.69) is 4.98 Å². The summed E-state index contributed by atoms with van der Waals surface area (Å²) in [4.78, 5) is 6.30. The Balaban J connectivity index is 2.12. The molecule has 1 heterocycles. The molecular formula is C16H12ClFN2. The number of aromatic nitrogens is 1. The molecule has 0 N–H and O–H groups in total. The molecule has 0 bridgehead atoms. The van der Waals surface area contributed by atoms with Gasteiger partial charge in [-0.2, -0.15) is 0 Å². The molecule has 0 unspecified atom stereocenters. The molecule has 100 valence electrons. The number of pyridine rings is 1. The van der Waals surface area contributed by atoms with Gasteiger partial charge in [-0.3, -0.25) is 4.98 Å². The Morgan fingerprint density at radius 2 is 1.95 bits per heavy atom. The maximum atomic E-state index is 13.3. The lowest BCUT2D eigenvalue weighted by Crippen LogP contribution is -2.10. The average Bonchev–Trinajstić information content (AvgIpc) is 2.49. The fourth-order valence-corrected chi connectivity index (χ4v) is 2.39. The molecule has 0 aliphatic heterocycles. The van der Waals surface area contributed by atoms with Gasteiger partial charge in [-0.15, -0.1) is 0 Å². The topological polar surface area (TPSA) is 16.1 Å². The van der Waals surface area contributed by atoms with Crippen LogP contribution in [0.1, 0.15) is 0 Å². The van der Waals surface area contributed by atoms with Gasteiger partial charge in [0.15, 0.2) is 0 Å². The summed E-state index contributed by atoms with van der Waals surface area (Å²) in [5.74, 6) is -0.414. The van der Waals surface area contributed by atoms with E-state index >= 15 is 0 Å². The van der Waals surface area contributed by atoms with Crippen molar-refractivity contribution in [1.29, 1.82) is 0 Å². The van der Waals surface area contributed by atoms with Crippen molar-refractivity contribution in [2.75, 3.05) is 11.9 Å². The number of anilines is 2. The first-order valence-corrected chi connectivity index (χ1v) is 6.57. The Bertz CT molecular complexity index is 768. The van der Waals surface area contributed by atoms with Crippen LogP contribution in [0.5, 0.6) is 0 Å². The largest absolute Gasteiger partial charge is 0.344 e. The Labute approximate surface area is 121 Å². The van der Waals surface area contributed by atoms with E-state index < -0.39 is 5.82 Å². The van der Waals surface area contributed by atoms with E-state index in [1.807, 2.05) is 42.3 Å². The van der Waals surface area contributed by atoms with Crippen LogP contribution in [0.2, 0.25) is 5.02 Å². The van der Waals surface area contributed by atoms with Crippen LogP contribution in [0, 0.1) is 5.82 Å². The third-order valence-electron chi connectivity index (χ3n) is 3.27. The number of hydrogen-bond acceptors (Lipinski definition) is 2. The molecule has 0 fully saturated rings. The van der Waals surface area contributed by atoms with Gasteiger partial charge in [0.25, 0.3) is 0 Å². The van der Waals surface area contributed by atoms with Crippen LogP contribution < -0.4 is 4.90 Å². The summed E-state index contributed by atoms with van der Waals surface area (Å²) in [6, 6.07) is 14.5. The number of nitrogens with zero attached hydrogens (tertiary/aromatic N) is 2.